The molecule has 1 atom stereocenters. The van der Waals surface area contributed by atoms with Gasteiger partial charge in [-0.25, -0.2) is 0 Å². The number of methoxy groups -OCH3 is 1. The molecule has 6 nitrogen and oxygen atoms in total. The van der Waals surface area contributed by atoms with Crippen molar-refractivity contribution in [1.29, 1.82) is 0 Å². The van der Waals surface area contributed by atoms with Crippen LogP contribution in [0.3, 0.4) is 0 Å². The summed E-state index contributed by atoms with van der Waals surface area (Å²) in [6, 6.07) is 12.1. The number of furan rings is 1. The highest BCUT2D eigenvalue weighted by atomic mass is 32.2. The third-order valence-corrected chi connectivity index (χ3v) is 5.49. The lowest BCUT2D eigenvalue weighted by Crippen LogP contribution is -2.16. The van der Waals surface area contributed by atoms with Crippen molar-refractivity contribution in [3.8, 4) is 11.4 Å². The molecule has 3 rings (SSSR count). The topological polar surface area (TPSA) is 70.2 Å². The number of esters is 1. The van der Waals surface area contributed by atoms with Crippen molar-refractivity contribution in [3.05, 3.63) is 54.0 Å². The second kappa shape index (κ2) is 8.22. The molecule has 28 heavy (non-hydrogen) atoms. The van der Waals surface area contributed by atoms with Crippen LogP contribution < -0.4 is 0 Å². The largest absolute Gasteiger partial charge is 0.468 e. The number of carbonyl (C=O) groups is 1. The number of aromatic nitrogens is 3. The van der Waals surface area contributed by atoms with Gasteiger partial charge in [0.2, 0.25) is 0 Å². The molecule has 0 saturated heterocycles. The standard InChI is InChI=1S/C21H25N3O3S/c1-14(19(25)26-5)28-20-23-22-18(24(20)13-17-7-6-12-27-17)15-8-10-16(11-9-15)21(2,3)4/h6-12,14H,13H2,1-5H3. The molecule has 0 aliphatic heterocycles. The summed E-state index contributed by atoms with van der Waals surface area (Å²) in [5, 5.41) is 8.98. The van der Waals surface area contributed by atoms with Crippen LogP contribution in [-0.4, -0.2) is 33.1 Å². The van der Waals surface area contributed by atoms with Crippen molar-refractivity contribution in [2.75, 3.05) is 7.11 Å². The molecule has 1 unspecified atom stereocenters. The van der Waals surface area contributed by atoms with Gasteiger partial charge in [0, 0.05) is 5.56 Å². The van der Waals surface area contributed by atoms with Gasteiger partial charge in [-0.05, 0) is 30.0 Å². The number of hydrogen-bond donors (Lipinski definition) is 0. The number of ether oxygens (including phenoxy) is 1. The van der Waals surface area contributed by atoms with Crippen LogP contribution in [0.1, 0.15) is 39.0 Å². The average molecular weight is 400 g/mol. The summed E-state index contributed by atoms with van der Waals surface area (Å²) in [6.07, 6.45) is 1.64. The van der Waals surface area contributed by atoms with E-state index in [0.717, 1.165) is 17.1 Å². The van der Waals surface area contributed by atoms with Crippen molar-refractivity contribution in [1.82, 2.24) is 14.8 Å². The Bertz CT molecular complexity index is 925. The maximum Gasteiger partial charge on any atom is 0.318 e. The van der Waals surface area contributed by atoms with E-state index in [1.54, 1.807) is 13.2 Å². The SMILES string of the molecule is COC(=O)C(C)Sc1nnc(-c2ccc(C(C)(C)C)cc2)n1Cc1ccco1. The van der Waals surface area contributed by atoms with Crippen molar-refractivity contribution in [2.45, 2.75) is 50.1 Å². The molecule has 0 fully saturated rings. The summed E-state index contributed by atoms with van der Waals surface area (Å²) < 4.78 is 12.3. The molecular weight excluding hydrogens is 374 g/mol. The zero-order chi connectivity index (χ0) is 20.3. The van der Waals surface area contributed by atoms with Gasteiger partial charge in [0.05, 0.1) is 19.9 Å². The predicted molar refractivity (Wildman–Crippen MR) is 109 cm³/mol. The van der Waals surface area contributed by atoms with E-state index in [9.17, 15) is 4.79 Å². The highest BCUT2D eigenvalue weighted by molar-refractivity contribution is 8.00. The van der Waals surface area contributed by atoms with Crippen molar-refractivity contribution in [2.24, 2.45) is 0 Å². The minimum atomic E-state index is -0.388. The van der Waals surface area contributed by atoms with Gasteiger partial charge in [0.25, 0.3) is 0 Å². The van der Waals surface area contributed by atoms with Gasteiger partial charge in [-0.15, -0.1) is 10.2 Å². The number of thioether (sulfide) groups is 1. The smallest absolute Gasteiger partial charge is 0.318 e. The van der Waals surface area contributed by atoms with Crippen molar-refractivity contribution >= 4 is 17.7 Å². The molecule has 0 N–H and O–H groups in total. The zero-order valence-electron chi connectivity index (χ0n) is 16.8. The molecule has 0 spiro atoms. The van der Waals surface area contributed by atoms with Crippen LogP contribution in [-0.2, 0) is 21.5 Å². The Hall–Kier alpha value is -2.54. The normalized spacial score (nSPS) is 12.8. The Kier molecular flexibility index (Phi) is 5.93. The fourth-order valence-electron chi connectivity index (χ4n) is 2.78. The zero-order valence-corrected chi connectivity index (χ0v) is 17.6. The van der Waals surface area contributed by atoms with Crippen molar-refractivity contribution in [3.63, 3.8) is 0 Å². The Morgan fingerprint density at radius 1 is 1.21 bits per heavy atom. The number of carbonyl (C=O) groups excluding carboxylic acids is 1. The molecule has 3 aromatic rings. The number of benzene rings is 1. The van der Waals surface area contributed by atoms with E-state index >= 15 is 0 Å². The fourth-order valence-corrected chi connectivity index (χ4v) is 3.66. The molecule has 0 saturated carbocycles. The lowest BCUT2D eigenvalue weighted by atomic mass is 9.87. The minimum Gasteiger partial charge on any atom is -0.468 e. The third-order valence-electron chi connectivity index (χ3n) is 4.44. The van der Waals surface area contributed by atoms with E-state index in [0.29, 0.717) is 11.7 Å². The summed E-state index contributed by atoms with van der Waals surface area (Å²) in [4.78, 5) is 11.8. The molecule has 148 valence electrons. The van der Waals surface area contributed by atoms with Crippen LogP contribution in [0.15, 0.2) is 52.2 Å². The highest BCUT2D eigenvalue weighted by Crippen LogP contribution is 2.30. The van der Waals surface area contributed by atoms with Crippen LogP contribution in [0.25, 0.3) is 11.4 Å². The van der Waals surface area contributed by atoms with E-state index in [1.807, 2.05) is 16.7 Å². The maximum atomic E-state index is 11.8. The summed E-state index contributed by atoms with van der Waals surface area (Å²) in [6.45, 7) is 8.83. The van der Waals surface area contributed by atoms with Crippen LogP contribution in [0.4, 0.5) is 0 Å². The first kappa shape index (κ1) is 20.2. The van der Waals surface area contributed by atoms with Crippen LogP contribution in [0.5, 0.6) is 0 Å². The first-order valence-corrected chi connectivity index (χ1v) is 9.98. The molecule has 7 heteroatoms. The van der Waals surface area contributed by atoms with Crippen LogP contribution in [0, 0.1) is 0 Å². The summed E-state index contributed by atoms with van der Waals surface area (Å²) in [7, 11) is 1.38. The Balaban J connectivity index is 1.97. The van der Waals surface area contributed by atoms with E-state index in [2.05, 4.69) is 55.2 Å². The van der Waals surface area contributed by atoms with E-state index in [-0.39, 0.29) is 16.6 Å². The molecule has 1 aromatic carbocycles. The second-order valence-electron chi connectivity index (χ2n) is 7.58. The summed E-state index contributed by atoms with van der Waals surface area (Å²) in [5.74, 6) is 1.23. The number of nitrogens with zero attached hydrogens (tertiary/aromatic N) is 3. The van der Waals surface area contributed by atoms with Crippen LogP contribution in [0.2, 0.25) is 0 Å². The molecule has 0 bridgehead atoms. The van der Waals surface area contributed by atoms with Gasteiger partial charge in [-0.2, -0.15) is 0 Å². The Morgan fingerprint density at radius 3 is 2.50 bits per heavy atom. The average Bonchev–Trinajstić information content (AvgIpc) is 3.31. The lowest BCUT2D eigenvalue weighted by molar-refractivity contribution is -0.139. The van der Waals surface area contributed by atoms with E-state index in [4.69, 9.17) is 9.15 Å². The van der Waals surface area contributed by atoms with Gasteiger partial charge in [-0.1, -0.05) is 56.8 Å². The molecule has 2 heterocycles. The van der Waals surface area contributed by atoms with Gasteiger partial charge >= 0.3 is 5.97 Å². The quantitative estimate of drug-likeness (QED) is 0.448. The van der Waals surface area contributed by atoms with E-state index in [1.165, 1.54) is 24.4 Å². The first-order chi connectivity index (χ1) is 13.3. The Labute approximate surface area is 169 Å². The molecular formula is C21H25N3O3S. The van der Waals surface area contributed by atoms with E-state index < -0.39 is 0 Å². The number of hydrogen-bond acceptors (Lipinski definition) is 6. The third kappa shape index (κ3) is 4.47. The fraction of sp³-hybridized carbons (Fsp3) is 0.381. The Morgan fingerprint density at radius 2 is 1.93 bits per heavy atom. The molecule has 0 amide bonds. The summed E-state index contributed by atoms with van der Waals surface area (Å²) >= 11 is 1.32. The minimum absolute atomic E-state index is 0.0807. The molecule has 0 aliphatic rings. The van der Waals surface area contributed by atoms with Gasteiger partial charge in [0.15, 0.2) is 11.0 Å². The van der Waals surface area contributed by atoms with Crippen molar-refractivity contribution < 1.29 is 13.9 Å². The number of rotatable bonds is 6. The maximum absolute atomic E-state index is 11.8. The molecule has 2 aromatic heterocycles. The second-order valence-corrected chi connectivity index (χ2v) is 8.89. The first-order valence-electron chi connectivity index (χ1n) is 9.10. The monoisotopic (exact) mass is 399 g/mol. The lowest BCUT2D eigenvalue weighted by Gasteiger charge is -2.19. The highest BCUT2D eigenvalue weighted by Gasteiger charge is 2.22. The van der Waals surface area contributed by atoms with Gasteiger partial charge in [-0.3, -0.25) is 9.36 Å². The predicted octanol–water partition coefficient (Wildman–Crippen LogP) is 4.54. The summed E-state index contributed by atoms with van der Waals surface area (Å²) in [5.41, 5.74) is 2.30. The van der Waals surface area contributed by atoms with Gasteiger partial charge in [0.1, 0.15) is 11.0 Å². The molecule has 0 radical (unpaired) electrons. The molecule has 0 aliphatic carbocycles. The van der Waals surface area contributed by atoms with Gasteiger partial charge < -0.3 is 9.15 Å². The van der Waals surface area contributed by atoms with Crippen LogP contribution >= 0.6 is 11.8 Å².